The molecule has 0 spiro atoms. The zero-order valence-corrected chi connectivity index (χ0v) is 14.4. The highest BCUT2D eigenvalue weighted by Gasteiger charge is 2.43. The molecule has 3 rings (SSSR count). The fourth-order valence-electron chi connectivity index (χ4n) is 4.01. The molecule has 24 heavy (non-hydrogen) atoms. The number of nitrogens with zero attached hydrogens (tertiary/aromatic N) is 3. The van der Waals surface area contributed by atoms with Gasteiger partial charge in [0, 0.05) is 45.2 Å². The van der Waals surface area contributed by atoms with E-state index in [1.54, 1.807) is 11.8 Å². The first kappa shape index (κ1) is 17.0. The molecular weight excluding hydrogens is 310 g/mol. The van der Waals surface area contributed by atoms with Crippen LogP contribution < -0.4 is 0 Å². The summed E-state index contributed by atoms with van der Waals surface area (Å²) in [7, 11) is 0. The Kier molecular flexibility index (Phi) is 4.69. The maximum absolute atomic E-state index is 12.7. The van der Waals surface area contributed by atoms with E-state index >= 15 is 0 Å². The summed E-state index contributed by atoms with van der Waals surface area (Å²) in [5.41, 5.74) is -0.817. The van der Waals surface area contributed by atoms with Gasteiger partial charge in [0.1, 0.15) is 0 Å². The fourth-order valence-corrected chi connectivity index (χ4v) is 4.01. The lowest BCUT2D eigenvalue weighted by molar-refractivity contribution is -0.147. The van der Waals surface area contributed by atoms with Crippen molar-refractivity contribution in [1.29, 1.82) is 0 Å². The van der Waals surface area contributed by atoms with Gasteiger partial charge in [0.25, 0.3) is 0 Å². The predicted octanol–water partition coefficient (Wildman–Crippen LogP) is 1.24. The largest absolute Gasteiger partial charge is 0.481 e. The number of carboxylic acids is 1. The number of amides is 3. The molecule has 1 unspecified atom stereocenters. The molecule has 1 atom stereocenters. The average Bonchev–Trinajstić information content (AvgIpc) is 3.24. The van der Waals surface area contributed by atoms with E-state index in [2.05, 4.69) is 0 Å². The van der Waals surface area contributed by atoms with Crippen molar-refractivity contribution >= 4 is 17.9 Å². The first-order chi connectivity index (χ1) is 11.4. The Bertz CT molecular complexity index is 524. The van der Waals surface area contributed by atoms with Crippen molar-refractivity contribution in [1.82, 2.24) is 14.7 Å². The van der Waals surface area contributed by atoms with Crippen molar-refractivity contribution < 1.29 is 19.5 Å². The minimum Gasteiger partial charge on any atom is -0.481 e. The van der Waals surface area contributed by atoms with Gasteiger partial charge in [-0.3, -0.25) is 9.59 Å². The molecule has 0 saturated carbocycles. The van der Waals surface area contributed by atoms with Crippen molar-refractivity contribution in [2.75, 3.05) is 39.3 Å². The first-order valence-electron chi connectivity index (χ1n) is 8.97. The van der Waals surface area contributed by atoms with E-state index < -0.39 is 11.4 Å². The van der Waals surface area contributed by atoms with Crippen molar-refractivity contribution in [2.45, 2.75) is 39.0 Å². The summed E-state index contributed by atoms with van der Waals surface area (Å²) in [6, 6.07) is 0.109. The quantitative estimate of drug-likeness (QED) is 0.822. The Hall–Kier alpha value is -1.79. The molecule has 0 aromatic rings. The first-order valence-corrected chi connectivity index (χ1v) is 8.97. The molecule has 134 valence electrons. The van der Waals surface area contributed by atoms with Gasteiger partial charge in [-0.1, -0.05) is 0 Å². The van der Waals surface area contributed by atoms with Crippen LogP contribution in [-0.4, -0.2) is 77.0 Å². The summed E-state index contributed by atoms with van der Waals surface area (Å²) < 4.78 is 0. The normalized spacial score (nSPS) is 28.5. The van der Waals surface area contributed by atoms with Crippen LogP contribution >= 0.6 is 0 Å². The number of carbonyl (C=O) groups excluding carboxylic acids is 2. The molecule has 3 aliphatic heterocycles. The summed E-state index contributed by atoms with van der Waals surface area (Å²) >= 11 is 0. The van der Waals surface area contributed by atoms with Crippen LogP contribution in [0.2, 0.25) is 0 Å². The van der Waals surface area contributed by atoms with E-state index in [1.165, 1.54) is 0 Å². The topological polar surface area (TPSA) is 81.2 Å². The SMILES string of the molecule is CC1(C(=O)O)CCN(C(=O)C2CCN(C(=O)N3CCCC3)CC2)C1. The number of piperidine rings is 1. The van der Waals surface area contributed by atoms with Crippen molar-refractivity contribution in [3.05, 3.63) is 0 Å². The molecule has 7 nitrogen and oxygen atoms in total. The molecule has 3 amide bonds. The second-order valence-corrected chi connectivity index (χ2v) is 7.61. The van der Waals surface area contributed by atoms with Gasteiger partial charge in [-0.05, 0) is 39.0 Å². The third-order valence-electron chi connectivity index (χ3n) is 5.79. The smallest absolute Gasteiger partial charge is 0.319 e. The Morgan fingerprint density at radius 3 is 2.04 bits per heavy atom. The van der Waals surface area contributed by atoms with Gasteiger partial charge in [-0.25, -0.2) is 4.79 Å². The van der Waals surface area contributed by atoms with E-state index in [1.807, 2.05) is 9.80 Å². The third-order valence-corrected chi connectivity index (χ3v) is 5.79. The number of rotatable bonds is 2. The van der Waals surface area contributed by atoms with Gasteiger partial charge in [0.05, 0.1) is 5.41 Å². The van der Waals surface area contributed by atoms with Gasteiger partial charge in [0.2, 0.25) is 5.91 Å². The number of likely N-dealkylation sites (tertiary alicyclic amines) is 3. The zero-order valence-electron chi connectivity index (χ0n) is 14.4. The van der Waals surface area contributed by atoms with Crippen LogP contribution in [-0.2, 0) is 9.59 Å². The molecule has 3 fully saturated rings. The number of hydrogen-bond acceptors (Lipinski definition) is 3. The molecule has 0 radical (unpaired) electrons. The summed E-state index contributed by atoms with van der Waals surface area (Å²) in [6.07, 6.45) is 4.04. The molecule has 7 heteroatoms. The lowest BCUT2D eigenvalue weighted by Gasteiger charge is -2.35. The van der Waals surface area contributed by atoms with Gasteiger partial charge < -0.3 is 19.8 Å². The van der Waals surface area contributed by atoms with E-state index in [0.717, 1.165) is 25.9 Å². The Morgan fingerprint density at radius 1 is 0.917 bits per heavy atom. The molecule has 0 aromatic carbocycles. The van der Waals surface area contributed by atoms with Gasteiger partial charge >= 0.3 is 12.0 Å². The van der Waals surface area contributed by atoms with Crippen LogP contribution in [0.25, 0.3) is 0 Å². The van der Waals surface area contributed by atoms with Crippen LogP contribution in [0.5, 0.6) is 0 Å². The van der Waals surface area contributed by atoms with E-state index in [9.17, 15) is 19.5 Å². The third kappa shape index (κ3) is 3.21. The van der Waals surface area contributed by atoms with Crippen molar-refractivity contribution in [3.63, 3.8) is 0 Å². The molecule has 3 aliphatic rings. The van der Waals surface area contributed by atoms with Gasteiger partial charge in [0.15, 0.2) is 0 Å². The lowest BCUT2D eigenvalue weighted by Crippen LogP contribution is -2.48. The molecule has 1 N–H and O–H groups in total. The fraction of sp³-hybridized carbons (Fsp3) is 0.824. The number of hydrogen-bond donors (Lipinski definition) is 1. The molecule has 0 bridgehead atoms. The molecule has 0 aromatic heterocycles. The number of aliphatic carboxylic acids is 1. The zero-order chi connectivity index (χ0) is 17.3. The minimum atomic E-state index is -0.830. The highest BCUT2D eigenvalue weighted by molar-refractivity contribution is 5.82. The highest BCUT2D eigenvalue weighted by Crippen LogP contribution is 2.32. The molecule has 3 saturated heterocycles. The summed E-state index contributed by atoms with van der Waals surface area (Å²) in [6.45, 7) is 5.46. The second kappa shape index (κ2) is 6.61. The Morgan fingerprint density at radius 2 is 1.50 bits per heavy atom. The van der Waals surface area contributed by atoms with Crippen LogP contribution in [0.1, 0.15) is 39.0 Å². The van der Waals surface area contributed by atoms with Crippen LogP contribution in [0, 0.1) is 11.3 Å². The number of urea groups is 1. The summed E-state index contributed by atoms with van der Waals surface area (Å²) in [5.74, 6) is -0.846. The Balaban J connectivity index is 1.50. The van der Waals surface area contributed by atoms with Crippen molar-refractivity contribution in [2.24, 2.45) is 11.3 Å². The number of carboxylic acid groups (broad SMARTS) is 1. The van der Waals surface area contributed by atoms with Gasteiger partial charge in [-0.15, -0.1) is 0 Å². The van der Waals surface area contributed by atoms with Crippen LogP contribution in [0.3, 0.4) is 0 Å². The molecule has 0 aliphatic carbocycles. The number of carbonyl (C=O) groups is 3. The van der Waals surface area contributed by atoms with E-state index in [0.29, 0.717) is 45.4 Å². The van der Waals surface area contributed by atoms with Gasteiger partial charge in [-0.2, -0.15) is 0 Å². The monoisotopic (exact) mass is 337 g/mol. The highest BCUT2D eigenvalue weighted by atomic mass is 16.4. The molecular formula is C17H27N3O4. The standard InChI is InChI=1S/C17H27N3O4/c1-17(15(22)23)6-11-20(12-17)14(21)13-4-9-19(10-5-13)16(24)18-7-2-3-8-18/h13H,2-12H2,1H3,(H,22,23). The maximum atomic E-state index is 12.7. The van der Waals surface area contributed by atoms with E-state index in [-0.39, 0.29) is 17.9 Å². The second-order valence-electron chi connectivity index (χ2n) is 7.61. The van der Waals surface area contributed by atoms with Crippen molar-refractivity contribution in [3.8, 4) is 0 Å². The summed E-state index contributed by atoms with van der Waals surface area (Å²) in [4.78, 5) is 41.8. The average molecular weight is 337 g/mol. The Labute approximate surface area is 142 Å². The molecule has 3 heterocycles. The predicted molar refractivity (Wildman–Crippen MR) is 87.4 cm³/mol. The lowest BCUT2D eigenvalue weighted by atomic mass is 9.90. The minimum absolute atomic E-state index is 0.0632. The van der Waals surface area contributed by atoms with E-state index in [4.69, 9.17) is 0 Å². The maximum Gasteiger partial charge on any atom is 0.319 e. The van der Waals surface area contributed by atoms with Crippen LogP contribution in [0.15, 0.2) is 0 Å². The van der Waals surface area contributed by atoms with Crippen LogP contribution in [0.4, 0.5) is 4.79 Å². The summed E-state index contributed by atoms with van der Waals surface area (Å²) in [5, 5.41) is 9.30.